The van der Waals surface area contributed by atoms with Crippen LogP contribution in [0.2, 0.25) is 10.0 Å². The predicted octanol–water partition coefficient (Wildman–Crippen LogP) is 5.38. The minimum Gasteiger partial charge on any atom is -0.350 e. The highest BCUT2D eigenvalue weighted by molar-refractivity contribution is 6.33. The third-order valence-corrected chi connectivity index (χ3v) is 4.95. The topological polar surface area (TPSA) is 98.2 Å². The lowest BCUT2D eigenvalue weighted by atomic mass is 10.1. The molecule has 1 heterocycles. The fourth-order valence-electron chi connectivity index (χ4n) is 2.88. The summed E-state index contributed by atoms with van der Waals surface area (Å²) in [5.74, 6) is -1.57. The number of pyridine rings is 1. The normalized spacial score (nSPS) is 11.9. The molecule has 12 heteroatoms. The molecule has 0 radical (unpaired) electrons. The second-order valence-corrected chi connectivity index (χ2v) is 8.38. The van der Waals surface area contributed by atoms with Crippen LogP contribution < -0.4 is 15.5 Å². The van der Waals surface area contributed by atoms with E-state index in [-0.39, 0.29) is 33.2 Å². The zero-order chi connectivity index (χ0) is 25.8. The van der Waals surface area contributed by atoms with E-state index in [1.54, 1.807) is 20.8 Å². The number of allylic oxidation sites excluding steroid dienone is 1. The van der Waals surface area contributed by atoms with Gasteiger partial charge in [0.05, 0.1) is 16.3 Å². The van der Waals surface area contributed by atoms with Crippen molar-refractivity contribution < 1.29 is 22.8 Å². The molecule has 2 amide bonds. The zero-order valence-corrected chi connectivity index (χ0v) is 20.2. The van der Waals surface area contributed by atoms with Gasteiger partial charge in [0.25, 0.3) is 11.8 Å². The van der Waals surface area contributed by atoms with E-state index in [0.29, 0.717) is 11.6 Å². The second-order valence-electron chi connectivity index (χ2n) is 7.54. The van der Waals surface area contributed by atoms with Gasteiger partial charge < -0.3 is 15.5 Å². The van der Waals surface area contributed by atoms with Crippen molar-refractivity contribution in [2.75, 3.05) is 17.3 Å². The summed E-state index contributed by atoms with van der Waals surface area (Å²) in [6.07, 6.45) is -3.29. The van der Waals surface area contributed by atoms with Gasteiger partial charge in [0.15, 0.2) is 5.82 Å². The Labute approximate surface area is 204 Å². The van der Waals surface area contributed by atoms with Gasteiger partial charge in [-0.2, -0.15) is 13.2 Å². The number of nitrogens with zero attached hydrogens (tertiary/aromatic N) is 2. The Morgan fingerprint density at radius 2 is 1.88 bits per heavy atom. The summed E-state index contributed by atoms with van der Waals surface area (Å²) in [4.78, 5) is 30.9. The number of hydrogen-bond acceptors (Lipinski definition) is 5. The molecule has 0 aliphatic heterocycles. The van der Waals surface area contributed by atoms with E-state index in [1.807, 2.05) is 0 Å². The molecule has 0 fully saturated rings. The molecule has 0 saturated heterocycles. The van der Waals surface area contributed by atoms with Crippen LogP contribution in [0.25, 0.3) is 0 Å². The fraction of sp³-hybridized carbons (Fsp3) is 0.273. The first-order valence-corrected chi connectivity index (χ1v) is 10.6. The number of aromatic nitrogens is 1. The molecule has 182 valence electrons. The monoisotopic (exact) mass is 515 g/mol. The van der Waals surface area contributed by atoms with E-state index in [4.69, 9.17) is 28.6 Å². The molecule has 2 rings (SSSR count). The molecular formula is C22H22Cl2F3N5O2. The van der Waals surface area contributed by atoms with Gasteiger partial charge in [-0.1, -0.05) is 23.2 Å². The van der Waals surface area contributed by atoms with Crippen LogP contribution in [0.15, 0.2) is 42.2 Å². The summed E-state index contributed by atoms with van der Waals surface area (Å²) in [5.41, 5.74) is -1.86. The molecule has 3 N–H and O–H groups in total. The molecule has 0 aliphatic carbocycles. The number of hydrogen-bond donors (Lipinski definition) is 3. The summed E-state index contributed by atoms with van der Waals surface area (Å²) in [5, 5.41) is 12.8. The number of aryl methyl sites for hydroxylation is 1. The van der Waals surface area contributed by atoms with Crippen molar-refractivity contribution in [3.8, 4) is 0 Å². The molecule has 0 saturated carbocycles. The highest BCUT2D eigenvalue weighted by Crippen LogP contribution is 2.29. The Bertz CT molecular complexity index is 1150. The number of benzene rings is 1. The average Bonchev–Trinajstić information content (AvgIpc) is 2.72. The van der Waals surface area contributed by atoms with Crippen molar-refractivity contribution in [3.05, 3.63) is 63.4 Å². The molecule has 2 aromatic rings. The Morgan fingerprint density at radius 3 is 2.44 bits per heavy atom. The highest BCUT2D eigenvalue weighted by Gasteiger charge is 2.34. The quantitative estimate of drug-likeness (QED) is 0.340. The Morgan fingerprint density at radius 1 is 1.24 bits per heavy atom. The van der Waals surface area contributed by atoms with E-state index in [1.165, 1.54) is 37.5 Å². The maximum atomic E-state index is 13.2. The molecule has 0 spiro atoms. The number of carbonyl (C=O) groups is 2. The van der Waals surface area contributed by atoms with Crippen LogP contribution in [0.4, 0.5) is 24.7 Å². The number of carbonyl (C=O) groups excluding carboxylic acids is 2. The number of rotatable bonds is 7. The SMILES string of the molecule is Cc1cc(Cl)cc(C(=O)NC(C)C)c1NC(=O)/C(=C/C(=N)C(F)(F)F)N(C)c1ncccc1Cl. The summed E-state index contributed by atoms with van der Waals surface area (Å²) in [7, 11) is 1.28. The molecular weight excluding hydrogens is 494 g/mol. The molecule has 0 atom stereocenters. The Hall–Kier alpha value is -3.11. The molecule has 1 aromatic carbocycles. The average molecular weight is 516 g/mol. The first kappa shape index (κ1) is 27.1. The largest absolute Gasteiger partial charge is 0.432 e. The lowest BCUT2D eigenvalue weighted by Crippen LogP contribution is -2.33. The standard InChI is InChI=1S/C22H22Cl2F3N5O2/c1-11(2)30-20(33)14-9-13(23)8-12(3)18(14)31-21(34)16(10-17(28)22(25,26)27)32(4)19-15(24)6-5-7-29-19/h5-11,28H,1-4H3,(H,30,33)(H,31,34)/b16-10-,28-17?. The summed E-state index contributed by atoms with van der Waals surface area (Å²) in [6, 6.07) is 5.56. The number of amides is 2. The van der Waals surface area contributed by atoms with Crippen molar-refractivity contribution in [3.63, 3.8) is 0 Å². The van der Waals surface area contributed by atoms with Crippen LogP contribution >= 0.6 is 23.2 Å². The zero-order valence-electron chi connectivity index (χ0n) is 18.6. The molecule has 1 aromatic heterocycles. The molecule has 34 heavy (non-hydrogen) atoms. The van der Waals surface area contributed by atoms with E-state index in [2.05, 4.69) is 15.6 Å². The third kappa shape index (κ3) is 6.71. The van der Waals surface area contributed by atoms with Crippen LogP contribution in [-0.4, -0.2) is 41.8 Å². The van der Waals surface area contributed by atoms with Gasteiger partial charge in [-0.15, -0.1) is 0 Å². The van der Waals surface area contributed by atoms with Crippen molar-refractivity contribution in [2.45, 2.75) is 33.0 Å². The first-order valence-electron chi connectivity index (χ1n) is 9.86. The number of anilines is 2. The summed E-state index contributed by atoms with van der Waals surface area (Å²) >= 11 is 12.2. The van der Waals surface area contributed by atoms with Gasteiger partial charge in [0.1, 0.15) is 11.4 Å². The highest BCUT2D eigenvalue weighted by atomic mass is 35.5. The maximum Gasteiger partial charge on any atom is 0.432 e. The van der Waals surface area contributed by atoms with Crippen LogP contribution in [0.1, 0.15) is 29.8 Å². The first-order chi connectivity index (χ1) is 15.7. The molecule has 0 bridgehead atoms. The van der Waals surface area contributed by atoms with Crippen LogP contribution in [0.3, 0.4) is 0 Å². The van der Waals surface area contributed by atoms with E-state index in [0.717, 1.165) is 4.90 Å². The second kappa shape index (κ2) is 10.9. The van der Waals surface area contributed by atoms with Crippen molar-refractivity contribution >= 4 is 52.2 Å². The molecule has 0 unspecified atom stereocenters. The van der Waals surface area contributed by atoms with Crippen LogP contribution in [0, 0.1) is 12.3 Å². The van der Waals surface area contributed by atoms with Gasteiger partial charge in [-0.05, 0) is 56.7 Å². The van der Waals surface area contributed by atoms with Gasteiger partial charge >= 0.3 is 6.18 Å². The van der Waals surface area contributed by atoms with Crippen molar-refractivity contribution in [2.24, 2.45) is 0 Å². The number of halogens is 5. The van der Waals surface area contributed by atoms with Crippen LogP contribution in [0.5, 0.6) is 0 Å². The van der Waals surface area contributed by atoms with E-state index >= 15 is 0 Å². The summed E-state index contributed by atoms with van der Waals surface area (Å²) in [6.45, 7) is 5.06. The summed E-state index contributed by atoms with van der Waals surface area (Å²) < 4.78 is 39.3. The van der Waals surface area contributed by atoms with Gasteiger partial charge in [0.2, 0.25) is 0 Å². The number of alkyl halides is 3. The van der Waals surface area contributed by atoms with Gasteiger partial charge in [-0.3, -0.25) is 15.0 Å². The van der Waals surface area contributed by atoms with Gasteiger partial charge in [-0.25, -0.2) is 4.98 Å². The minimum absolute atomic E-state index is 0.00820. The molecule has 7 nitrogen and oxygen atoms in total. The predicted molar refractivity (Wildman–Crippen MR) is 127 cm³/mol. The van der Waals surface area contributed by atoms with Crippen molar-refractivity contribution in [1.29, 1.82) is 5.41 Å². The lowest BCUT2D eigenvalue weighted by Gasteiger charge is -2.23. The molecule has 0 aliphatic rings. The third-order valence-electron chi connectivity index (χ3n) is 4.44. The Balaban J connectivity index is 2.57. The number of likely N-dealkylation sites (N-methyl/N-ethyl adjacent to an activating group) is 1. The van der Waals surface area contributed by atoms with E-state index < -0.39 is 29.4 Å². The van der Waals surface area contributed by atoms with Gasteiger partial charge in [0, 0.05) is 24.3 Å². The minimum atomic E-state index is -5.00. The Kier molecular flexibility index (Phi) is 8.68. The van der Waals surface area contributed by atoms with E-state index in [9.17, 15) is 22.8 Å². The van der Waals surface area contributed by atoms with Crippen LogP contribution in [-0.2, 0) is 4.79 Å². The maximum absolute atomic E-state index is 13.2. The fourth-order valence-corrected chi connectivity index (χ4v) is 3.40. The number of nitrogens with one attached hydrogen (secondary N) is 3. The lowest BCUT2D eigenvalue weighted by molar-refractivity contribution is -0.112. The van der Waals surface area contributed by atoms with Crippen molar-refractivity contribution in [1.82, 2.24) is 10.3 Å². The smallest absolute Gasteiger partial charge is 0.350 e.